The van der Waals surface area contributed by atoms with Crippen molar-refractivity contribution in [3.8, 4) is 0 Å². The largest absolute Gasteiger partial charge is 0.366 e. The van der Waals surface area contributed by atoms with E-state index < -0.39 is 11.8 Å². The maximum Gasteiger partial charge on any atom is 0.241 e. The van der Waals surface area contributed by atoms with Crippen LogP contribution in [0.25, 0.3) is 0 Å². The van der Waals surface area contributed by atoms with Crippen molar-refractivity contribution >= 4 is 11.8 Å². The zero-order valence-corrected chi connectivity index (χ0v) is 10.0. The van der Waals surface area contributed by atoms with Gasteiger partial charge in [0.1, 0.15) is 0 Å². The average molecular weight is 244 g/mol. The summed E-state index contributed by atoms with van der Waals surface area (Å²) in [6.45, 7) is 0. The lowest BCUT2D eigenvalue weighted by atomic mass is 10.1. The van der Waals surface area contributed by atoms with Gasteiger partial charge in [0.25, 0.3) is 0 Å². The van der Waals surface area contributed by atoms with E-state index in [1.54, 1.807) is 12.2 Å². The van der Waals surface area contributed by atoms with E-state index in [9.17, 15) is 9.59 Å². The third-order valence-electron chi connectivity index (χ3n) is 2.26. The molecule has 0 heterocycles. The van der Waals surface area contributed by atoms with E-state index >= 15 is 0 Å². The van der Waals surface area contributed by atoms with Gasteiger partial charge in [-0.3, -0.25) is 9.59 Å². The number of hydrogen-bond acceptors (Lipinski definition) is 2. The van der Waals surface area contributed by atoms with E-state index in [0.717, 1.165) is 11.1 Å². The highest BCUT2D eigenvalue weighted by Gasteiger charge is 1.94. The van der Waals surface area contributed by atoms with Gasteiger partial charge in [0.15, 0.2) is 0 Å². The Morgan fingerprint density at radius 2 is 1.39 bits per heavy atom. The summed E-state index contributed by atoms with van der Waals surface area (Å²) < 4.78 is 0. The van der Waals surface area contributed by atoms with E-state index in [1.807, 2.05) is 24.3 Å². The highest BCUT2D eigenvalue weighted by Crippen LogP contribution is 2.07. The number of allylic oxidation sites excluding steroid dienone is 2. The number of carbonyl (C=O) groups is 2. The molecule has 0 bridgehead atoms. The molecule has 0 aliphatic carbocycles. The molecule has 1 aromatic carbocycles. The first kappa shape index (κ1) is 13.7. The van der Waals surface area contributed by atoms with E-state index in [2.05, 4.69) is 0 Å². The van der Waals surface area contributed by atoms with E-state index in [0.29, 0.717) is 12.8 Å². The fourth-order valence-corrected chi connectivity index (χ4v) is 1.51. The van der Waals surface area contributed by atoms with Crippen LogP contribution in [0, 0.1) is 0 Å². The Hall–Kier alpha value is -2.36. The third-order valence-corrected chi connectivity index (χ3v) is 2.26. The molecule has 0 spiro atoms. The standard InChI is InChI=1S/C14H16N2O2/c15-13(17)8-2-6-11-4-1-5-12(10-11)7-3-9-14(16)18/h1-5,8-10H,6-7H2,(H2,15,17)(H2,16,18). The summed E-state index contributed by atoms with van der Waals surface area (Å²) in [5.74, 6) is -0.897. The second-order valence-electron chi connectivity index (χ2n) is 3.84. The summed E-state index contributed by atoms with van der Waals surface area (Å²) in [5.41, 5.74) is 12.2. The van der Waals surface area contributed by atoms with Gasteiger partial charge in [-0.1, -0.05) is 36.4 Å². The molecule has 0 aromatic heterocycles. The molecule has 0 fully saturated rings. The molecule has 18 heavy (non-hydrogen) atoms. The van der Waals surface area contributed by atoms with Gasteiger partial charge in [0.2, 0.25) is 11.8 Å². The summed E-state index contributed by atoms with van der Waals surface area (Å²) in [4.78, 5) is 21.1. The first-order valence-corrected chi connectivity index (χ1v) is 5.57. The van der Waals surface area contributed by atoms with Gasteiger partial charge in [-0.15, -0.1) is 0 Å². The fourth-order valence-electron chi connectivity index (χ4n) is 1.51. The van der Waals surface area contributed by atoms with Crippen molar-refractivity contribution < 1.29 is 9.59 Å². The third kappa shape index (κ3) is 5.65. The number of carbonyl (C=O) groups excluding carboxylic acids is 2. The molecule has 2 amide bonds. The molecule has 4 nitrogen and oxygen atoms in total. The van der Waals surface area contributed by atoms with Gasteiger partial charge in [-0.05, 0) is 36.1 Å². The summed E-state index contributed by atoms with van der Waals surface area (Å²) >= 11 is 0. The van der Waals surface area contributed by atoms with Gasteiger partial charge in [-0.25, -0.2) is 0 Å². The Balaban J connectivity index is 2.62. The molecular formula is C14H16N2O2. The van der Waals surface area contributed by atoms with Gasteiger partial charge in [0, 0.05) is 0 Å². The molecule has 4 N–H and O–H groups in total. The molecule has 94 valence electrons. The smallest absolute Gasteiger partial charge is 0.241 e. The van der Waals surface area contributed by atoms with Gasteiger partial charge < -0.3 is 11.5 Å². The topological polar surface area (TPSA) is 86.2 Å². The molecule has 0 unspecified atom stereocenters. The number of nitrogens with two attached hydrogens (primary N) is 2. The molecule has 4 heteroatoms. The molecule has 1 rings (SSSR count). The van der Waals surface area contributed by atoms with Crippen molar-refractivity contribution in [2.24, 2.45) is 11.5 Å². The lowest BCUT2D eigenvalue weighted by Crippen LogP contribution is -2.05. The highest BCUT2D eigenvalue weighted by molar-refractivity contribution is 5.86. The van der Waals surface area contributed by atoms with Crippen LogP contribution in [0.15, 0.2) is 48.6 Å². The van der Waals surface area contributed by atoms with Crippen LogP contribution in [-0.2, 0) is 22.4 Å². The van der Waals surface area contributed by atoms with Gasteiger partial charge in [0.05, 0.1) is 0 Å². The van der Waals surface area contributed by atoms with Crippen molar-refractivity contribution in [1.82, 2.24) is 0 Å². The predicted molar refractivity (Wildman–Crippen MR) is 70.5 cm³/mol. The van der Waals surface area contributed by atoms with Crippen LogP contribution in [0.4, 0.5) is 0 Å². The molecule has 1 aromatic rings. The van der Waals surface area contributed by atoms with Crippen LogP contribution >= 0.6 is 0 Å². The number of primary amides is 2. The number of amides is 2. The van der Waals surface area contributed by atoms with Crippen molar-refractivity contribution in [1.29, 1.82) is 0 Å². The first-order chi connectivity index (χ1) is 8.58. The molecule has 0 radical (unpaired) electrons. The minimum absolute atomic E-state index is 0.449. The summed E-state index contributed by atoms with van der Waals surface area (Å²) in [5, 5.41) is 0. The highest BCUT2D eigenvalue weighted by atomic mass is 16.1. The molecule has 0 aliphatic rings. The van der Waals surface area contributed by atoms with E-state index in [1.165, 1.54) is 12.2 Å². The Bertz CT molecular complexity index is 449. The molecular weight excluding hydrogens is 228 g/mol. The second kappa shape index (κ2) is 7.06. The minimum atomic E-state index is -0.449. The van der Waals surface area contributed by atoms with Gasteiger partial charge in [-0.2, -0.15) is 0 Å². The fraction of sp³-hybridized carbons (Fsp3) is 0.143. The number of hydrogen-bond donors (Lipinski definition) is 2. The maximum absolute atomic E-state index is 10.5. The summed E-state index contributed by atoms with van der Waals surface area (Å²) in [6.07, 6.45) is 7.44. The average Bonchev–Trinajstić information content (AvgIpc) is 2.28. The first-order valence-electron chi connectivity index (χ1n) is 5.57. The molecule has 0 saturated carbocycles. The van der Waals surface area contributed by atoms with Crippen LogP contribution < -0.4 is 11.5 Å². The quantitative estimate of drug-likeness (QED) is 0.727. The van der Waals surface area contributed by atoms with Crippen molar-refractivity contribution in [3.63, 3.8) is 0 Å². The Morgan fingerprint density at radius 3 is 1.78 bits per heavy atom. The molecule has 0 aliphatic heterocycles. The number of rotatable bonds is 6. The Labute approximate surface area is 106 Å². The maximum atomic E-state index is 10.5. The zero-order valence-electron chi connectivity index (χ0n) is 10.0. The Morgan fingerprint density at radius 1 is 0.944 bits per heavy atom. The summed E-state index contributed by atoms with van der Waals surface area (Å²) in [7, 11) is 0. The molecule has 0 atom stereocenters. The van der Waals surface area contributed by atoms with Crippen LogP contribution in [0.3, 0.4) is 0 Å². The normalized spacial score (nSPS) is 11.1. The second-order valence-corrected chi connectivity index (χ2v) is 3.84. The van der Waals surface area contributed by atoms with Crippen molar-refractivity contribution in [2.45, 2.75) is 12.8 Å². The Kier molecular flexibility index (Phi) is 5.38. The lowest BCUT2D eigenvalue weighted by Gasteiger charge is -2.00. The van der Waals surface area contributed by atoms with E-state index in [-0.39, 0.29) is 0 Å². The monoisotopic (exact) mass is 244 g/mol. The summed E-state index contributed by atoms with van der Waals surface area (Å²) in [6, 6.07) is 7.87. The SMILES string of the molecule is NC(=O)C=CCc1cccc(CC=CC(N)=O)c1. The molecule has 0 saturated heterocycles. The van der Waals surface area contributed by atoms with Crippen LogP contribution in [0.2, 0.25) is 0 Å². The minimum Gasteiger partial charge on any atom is -0.366 e. The van der Waals surface area contributed by atoms with Crippen molar-refractivity contribution in [2.75, 3.05) is 0 Å². The van der Waals surface area contributed by atoms with Crippen LogP contribution in [0.1, 0.15) is 11.1 Å². The van der Waals surface area contributed by atoms with Crippen LogP contribution in [-0.4, -0.2) is 11.8 Å². The van der Waals surface area contributed by atoms with E-state index in [4.69, 9.17) is 11.5 Å². The van der Waals surface area contributed by atoms with Gasteiger partial charge >= 0.3 is 0 Å². The van der Waals surface area contributed by atoms with Crippen LogP contribution in [0.5, 0.6) is 0 Å². The lowest BCUT2D eigenvalue weighted by molar-refractivity contribution is -0.114. The predicted octanol–water partition coefficient (Wildman–Crippen LogP) is 0.855. The zero-order chi connectivity index (χ0) is 13.4. The number of benzene rings is 1. The van der Waals surface area contributed by atoms with Crippen molar-refractivity contribution in [3.05, 3.63) is 59.7 Å².